The van der Waals surface area contributed by atoms with Crippen molar-refractivity contribution >= 4 is 15.9 Å². The molecule has 2 nitrogen and oxygen atoms in total. The zero-order valence-corrected chi connectivity index (χ0v) is 12.5. The summed E-state index contributed by atoms with van der Waals surface area (Å²) in [5, 5.41) is 3.43. The second-order valence-corrected chi connectivity index (χ2v) is 5.39. The molecule has 1 aromatic carbocycles. The molecule has 96 valence electrons. The Labute approximate surface area is 114 Å². The minimum absolute atomic E-state index is 1.02. The van der Waals surface area contributed by atoms with Crippen LogP contribution in [0.5, 0.6) is 0 Å². The number of nitrogens with zero attached hydrogens (tertiary/aromatic N) is 1. The van der Waals surface area contributed by atoms with Gasteiger partial charge in [0, 0.05) is 11.0 Å². The van der Waals surface area contributed by atoms with Gasteiger partial charge in [0.25, 0.3) is 0 Å². The fourth-order valence-electron chi connectivity index (χ4n) is 1.80. The summed E-state index contributed by atoms with van der Waals surface area (Å²) in [6, 6.07) is 8.52. The van der Waals surface area contributed by atoms with Crippen molar-refractivity contribution in [2.45, 2.75) is 26.3 Å². The molecule has 0 saturated heterocycles. The van der Waals surface area contributed by atoms with Crippen LogP contribution < -0.4 is 5.32 Å². The highest BCUT2D eigenvalue weighted by atomic mass is 79.9. The first-order valence-corrected chi connectivity index (χ1v) is 7.15. The number of rotatable bonds is 8. The van der Waals surface area contributed by atoms with Gasteiger partial charge in [-0.3, -0.25) is 0 Å². The van der Waals surface area contributed by atoms with Crippen molar-refractivity contribution in [1.82, 2.24) is 10.2 Å². The third-order valence-corrected chi connectivity index (χ3v) is 3.15. The van der Waals surface area contributed by atoms with E-state index in [0.29, 0.717) is 0 Å². The van der Waals surface area contributed by atoms with Crippen LogP contribution in [0.15, 0.2) is 28.7 Å². The number of nitrogens with one attached hydrogen (secondary N) is 1. The lowest BCUT2D eigenvalue weighted by atomic mass is 10.2. The van der Waals surface area contributed by atoms with E-state index < -0.39 is 0 Å². The zero-order chi connectivity index (χ0) is 12.5. The summed E-state index contributed by atoms with van der Waals surface area (Å²) in [4.78, 5) is 2.37. The molecule has 0 bridgehead atoms. The Bertz CT molecular complexity index is 315. The Hall–Kier alpha value is -0.380. The Kier molecular flexibility index (Phi) is 7.49. The molecule has 17 heavy (non-hydrogen) atoms. The Morgan fingerprint density at radius 3 is 2.82 bits per heavy atom. The molecule has 1 aromatic rings. The fraction of sp³-hybridized carbons (Fsp3) is 0.571. The van der Waals surface area contributed by atoms with Crippen LogP contribution in [0.25, 0.3) is 0 Å². The van der Waals surface area contributed by atoms with Gasteiger partial charge in [-0.2, -0.15) is 0 Å². The molecule has 1 rings (SSSR count). The average molecular weight is 299 g/mol. The van der Waals surface area contributed by atoms with E-state index in [1.165, 1.54) is 18.4 Å². The molecule has 0 spiro atoms. The second kappa shape index (κ2) is 8.67. The molecule has 0 saturated carbocycles. The summed E-state index contributed by atoms with van der Waals surface area (Å²) in [6.45, 7) is 6.62. The van der Waals surface area contributed by atoms with Crippen LogP contribution in [0.1, 0.15) is 25.3 Å². The molecule has 0 atom stereocenters. The number of halogens is 1. The third kappa shape index (κ3) is 6.81. The maximum atomic E-state index is 3.50. The van der Waals surface area contributed by atoms with Gasteiger partial charge in [0.05, 0.1) is 0 Å². The van der Waals surface area contributed by atoms with Gasteiger partial charge in [0.15, 0.2) is 0 Å². The van der Waals surface area contributed by atoms with E-state index in [0.717, 1.165) is 30.7 Å². The van der Waals surface area contributed by atoms with Gasteiger partial charge in [-0.05, 0) is 57.2 Å². The summed E-state index contributed by atoms with van der Waals surface area (Å²) >= 11 is 3.50. The van der Waals surface area contributed by atoms with Crippen LogP contribution in [0.2, 0.25) is 0 Å². The van der Waals surface area contributed by atoms with E-state index in [4.69, 9.17) is 0 Å². The number of benzene rings is 1. The van der Waals surface area contributed by atoms with Crippen molar-refractivity contribution in [2.24, 2.45) is 0 Å². The number of hydrogen-bond donors (Lipinski definition) is 1. The Morgan fingerprint density at radius 2 is 2.12 bits per heavy atom. The molecule has 3 heteroatoms. The molecule has 0 fully saturated rings. The van der Waals surface area contributed by atoms with Crippen LogP contribution in [-0.4, -0.2) is 31.6 Å². The molecule has 0 radical (unpaired) electrons. The first-order chi connectivity index (χ1) is 8.22. The first-order valence-electron chi connectivity index (χ1n) is 6.36. The lowest BCUT2D eigenvalue weighted by molar-refractivity contribution is 0.319. The van der Waals surface area contributed by atoms with Gasteiger partial charge in [-0.1, -0.05) is 35.0 Å². The van der Waals surface area contributed by atoms with Crippen molar-refractivity contribution in [3.05, 3.63) is 34.3 Å². The molecule has 0 heterocycles. The van der Waals surface area contributed by atoms with E-state index in [1.807, 2.05) is 0 Å². The van der Waals surface area contributed by atoms with Gasteiger partial charge < -0.3 is 10.2 Å². The Balaban J connectivity index is 2.18. The standard InChI is InChI=1S/C14H23BrN2/c1-3-8-16-9-5-10-17(2)12-13-6-4-7-14(15)11-13/h4,6-7,11,16H,3,5,8-10,12H2,1-2H3. The molecule has 0 unspecified atom stereocenters. The maximum absolute atomic E-state index is 3.50. The summed E-state index contributed by atoms with van der Waals surface area (Å²) in [7, 11) is 2.18. The largest absolute Gasteiger partial charge is 0.317 e. The molecular formula is C14H23BrN2. The van der Waals surface area contributed by atoms with Crippen LogP contribution in [0, 0.1) is 0 Å². The second-order valence-electron chi connectivity index (χ2n) is 4.47. The van der Waals surface area contributed by atoms with Crippen molar-refractivity contribution < 1.29 is 0 Å². The highest BCUT2D eigenvalue weighted by Crippen LogP contribution is 2.12. The molecule has 0 aliphatic carbocycles. The summed E-state index contributed by atoms with van der Waals surface area (Å²) in [6.07, 6.45) is 2.43. The quantitative estimate of drug-likeness (QED) is 0.741. The van der Waals surface area contributed by atoms with Crippen LogP contribution >= 0.6 is 15.9 Å². The normalized spacial score (nSPS) is 11.1. The van der Waals surface area contributed by atoms with E-state index >= 15 is 0 Å². The third-order valence-electron chi connectivity index (χ3n) is 2.66. The zero-order valence-electron chi connectivity index (χ0n) is 10.9. The minimum Gasteiger partial charge on any atom is -0.317 e. The van der Waals surface area contributed by atoms with Gasteiger partial charge in [-0.15, -0.1) is 0 Å². The van der Waals surface area contributed by atoms with Crippen molar-refractivity contribution in [2.75, 3.05) is 26.7 Å². The molecule has 0 amide bonds. The summed E-state index contributed by atoms with van der Waals surface area (Å²) < 4.78 is 1.16. The lowest BCUT2D eigenvalue weighted by Gasteiger charge is -2.16. The fourth-order valence-corrected chi connectivity index (χ4v) is 2.25. The number of hydrogen-bond acceptors (Lipinski definition) is 2. The minimum atomic E-state index is 1.02. The molecular weight excluding hydrogens is 276 g/mol. The molecule has 0 aliphatic rings. The van der Waals surface area contributed by atoms with E-state index in [1.54, 1.807) is 0 Å². The highest BCUT2D eigenvalue weighted by Gasteiger charge is 2.00. The molecule has 0 aromatic heterocycles. The van der Waals surface area contributed by atoms with Crippen molar-refractivity contribution in [1.29, 1.82) is 0 Å². The highest BCUT2D eigenvalue weighted by molar-refractivity contribution is 9.10. The smallest absolute Gasteiger partial charge is 0.0231 e. The predicted molar refractivity (Wildman–Crippen MR) is 78.3 cm³/mol. The van der Waals surface area contributed by atoms with E-state index in [9.17, 15) is 0 Å². The van der Waals surface area contributed by atoms with Gasteiger partial charge in [0.1, 0.15) is 0 Å². The Morgan fingerprint density at radius 1 is 1.29 bits per heavy atom. The first kappa shape index (κ1) is 14.7. The SMILES string of the molecule is CCCNCCCN(C)Cc1cccc(Br)c1. The average Bonchev–Trinajstić information content (AvgIpc) is 2.29. The molecule has 0 aliphatic heterocycles. The topological polar surface area (TPSA) is 15.3 Å². The lowest BCUT2D eigenvalue weighted by Crippen LogP contribution is -2.24. The molecule has 1 N–H and O–H groups in total. The monoisotopic (exact) mass is 298 g/mol. The van der Waals surface area contributed by atoms with Crippen LogP contribution in [0.3, 0.4) is 0 Å². The maximum Gasteiger partial charge on any atom is 0.0231 e. The van der Waals surface area contributed by atoms with Crippen LogP contribution in [0.4, 0.5) is 0 Å². The predicted octanol–water partition coefficient (Wildman–Crippen LogP) is 3.27. The van der Waals surface area contributed by atoms with E-state index in [2.05, 4.69) is 64.4 Å². The van der Waals surface area contributed by atoms with E-state index in [-0.39, 0.29) is 0 Å². The van der Waals surface area contributed by atoms with Crippen molar-refractivity contribution in [3.8, 4) is 0 Å². The van der Waals surface area contributed by atoms with Crippen molar-refractivity contribution in [3.63, 3.8) is 0 Å². The van der Waals surface area contributed by atoms with Gasteiger partial charge in [0.2, 0.25) is 0 Å². The van der Waals surface area contributed by atoms with Gasteiger partial charge in [-0.25, -0.2) is 0 Å². The van der Waals surface area contributed by atoms with Gasteiger partial charge >= 0.3 is 0 Å². The summed E-state index contributed by atoms with van der Waals surface area (Å²) in [5.74, 6) is 0. The summed E-state index contributed by atoms with van der Waals surface area (Å²) in [5.41, 5.74) is 1.36. The van der Waals surface area contributed by atoms with Crippen LogP contribution in [-0.2, 0) is 6.54 Å².